The van der Waals surface area contributed by atoms with Crippen LogP contribution in [0.15, 0.2) is 18.3 Å². The lowest BCUT2D eigenvalue weighted by Crippen LogP contribution is -2.27. The molecule has 2 heterocycles. The first-order chi connectivity index (χ1) is 11.1. The topological polar surface area (TPSA) is 92.9 Å². The van der Waals surface area contributed by atoms with Gasteiger partial charge < -0.3 is 15.2 Å². The Kier molecular flexibility index (Phi) is 5.56. The summed E-state index contributed by atoms with van der Waals surface area (Å²) in [5.41, 5.74) is 1.77. The Balaban J connectivity index is 2.26. The highest BCUT2D eigenvalue weighted by Crippen LogP contribution is 2.22. The Morgan fingerprint density at radius 1 is 1.39 bits per heavy atom. The Morgan fingerprint density at radius 2 is 2.17 bits per heavy atom. The van der Waals surface area contributed by atoms with Crippen molar-refractivity contribution in [3.05, 3.63) is 29.7 Å². The van der Waals surface area contributed by atoms with Crippen LogP contribution in [0, 0.1) is 0 Å². The fourth-order valence-electron chi connectivity index (χ4n) is 2.37. The Bertz CT molecular complexity index is 709. The number of amides is 1. The Labute approximate surface area is 134 Å². The molecule has 0 aliphatic rings. The number of nitrogens with one attached hydrogen (secondary N) is 1. The van der Waals surface area contributed by atoms with Gasteiger partial charge in [0.1, 0.15) is 5.69 Å². The Hall–Kier alpha value is -2.57. The molecule has 2 aromatic rings. The van der Waals surface area contributed by atoms with E-state index in [-0.39, 0.29) is 12.3 Å². The maximum Gasteiger partial charge on any atom is 0.303 e. The van der Waals surface area contributed by atoms with Crippen LogP contribution in [-0.2, 0) is 11.2 Å². The molecule has 0 saturated carbocycles. The number of hydrogen-bond donors (Lipinski definition) is 2. The van der Waals surface area contributed by atoms with Crippen molar-refractivity contribution >= 4 is 17.5 Å². The molecule has 0 saturated heterocycles. The first-order valence-electron chi connectivity index (χ1n) is 7.71. The summed E-state index contributed by atoms with van der Waals surface area (Å²) in [7, 11) is 0. The largest absolute Gasteiger partial charge is 0.490 e. The highest BCUT2D eigenvalue weighted by Gasteiger charge is 2.19. The number of carbonyl (C=O) groups excluding carboxylic acids is 1. The summed E-state index contributed by atoms with van der Waals surface area (Å²) in [5.74, 6) is -0.493. The van der Waals surface area contributed by atoms with Gasteiger partial charge in [-0.3, -0.25) is 14.0 Å². The predicted octanol–water partition coefficient (Wildman–Crippen LogP) is 1.89. The van der Waals surface area contributed by atoms with Crippen molar-refractivity contribution in [2.24, 2.45) is 0 Å². The van der Waals surface area contributed by atoms with Gasteiger partial charge in [0.25, 0.3) is 5.91 Å². The second-order valence-corrected chi connectivity index (χ2v) is 5.01. The maximum absolute atomic E-state index is 12.5. The summed E-state index contributed by atoms with van der Waals surface area (Å²) >= 11 is 0. The standard InChI is InChI=1S/C16H21N3O4/c1-3-11-14(16(22)17-9-5-8-13(20)21)19-10-6-7-12(23-4-2)15(19)18-11/h6-7,10H,3-5,8-9H2,1-2H3,(H,17,22)(H,20,21). The molecule has 124 valence electrons. The Morgan fingerprint density at radius 3 is 2.83 bits per heavy atom. The average Bonchev–Trinajstić information content (AvgIpc) is 2.91. The van der Waals surface area contributed by atoms with E-state index in [1.807, 2.05) is 19.9 Å². The van der Waals surface area contributed by atoms with Crippen LogP contribution < -0.4 is 10.1 Å². The smallest absolute Gasteiger partial charge is 0.303 e. The number of rotatable bonds is 8. The van der Waals surface area contributed by atoms with E-state index in [2.05, 4.69) is 10.3 Å². The number of carboxylic acid groups (broad SMARTS) is 1. The van der Waals surface area contributed by atoms with Crippen LogP contribution in [0.25, 0.3) is 5.65 Å². The van der Waals surface area contributed by atoms with Crippen molar-refractivity contribution < 1.29 is 19.4 Å². The molecule has 7 nitrogen and oxygen atoms in total. The SMILES string of the molecule is CCOc1cccn2c(C(=O)NCCCC(=O)O)c(CC)nc12. The van der Waals surface area contributed by atoms with Gasteiger partial charge in [-0.05, 0) is 31.9 Å². The number of carbonyl (C=O) groups is 2. The molecule has 0 unspecified atom stereocenters. The number of imidazole rings is 1. The van der Waals surface area contributed by atoms with Crippen LogP contribution in [0.4, 0.5) is 0 Å². The lowest BCUT2D eigenvalue weighted by molar-refractivity contribution is -0.137. The van der Waals surface area contributed by atoms with Crippen molar-refractivity contribution in [2.45, 2.75) is 33.1 Å². The van der Waals surface area contributed by atoms with Gasteiger partial charge in [0.2, 0.25) is 0 Å². The number of ether oxygens (including phenoxy) is 1. The van der Waals surface area contributed by atoms with Crippen LogP contribution >= 0.6 is 0 Å². The predicted molar refractivity (Wildman–Crippen MR) is 84.9 cm³/mol. The maximum atomic E-state index is 12.5. The third kappa shape index (κ3) is 3.80. The summed E-state index contributed by atoms with van der Waals surface area (Å²) in [4.78, 5) is 27.5. The molecule has 0 aliphatic heterocycles. The quantitative estimate of drug-likeness (QED) is 0.725. The van der Waals surface area contributed by atoms with Gasteiger partial charge in [0.05, 0.1) is 12.3 Å². The number of fused-ring (bicyclic) bond motifs is 1. The summed E-state index contributed by atoms with van der Waals surface area (Å²) < 4.78 is 7.27. The zero-order valence-corrected chi connectivity index (χ0v) is 13.3. The molecule has 0 spiro atoms. The van der Waals surface area contributed by atoms with Crippen molar-refractivity contribution in [1.29, 1.82) is 0 Å². The van der Waals surface area contributed by atoms with Crippen molar-refractivity contribution in [2.75, 3.05) is 13.2 Å². The zero-order valence-electron chi connectivity index (χ0n) is 13.3. The average molecular weight is 319 g/mol. The van der Waals surface area contributed by atoms with Crippen molar-refractivity contribution in [3.8, 4) is 5.75 Å². The van der Waals surface area contributed by atoms with E-state index in [0.717, 1.165) is 0 Å². The van der Waals surface area contributed by atoms with E-state index in [0.29, 0.717) is 48.8 Å². The van der Waals surface area contributed by atoms with E-state index < -0.39 is 5.97 Å². The van der Waals surface area contributed by atoms with E-state index in [1.165, 1.54) is 0 Å². The number of carboxylic acids is 1. The number of aliphatic carboxylic acids is 1. The minimum absolute atomic E-state index is 0.0303. The molecular formula is C16H21N3O4. The molecule has 2 N–H and O–H groups in total. The first kappa shape index (κ1) is 16.8. The number of aryl methyl sites for hydroxylation is 1. The third-order valence-electron chi connectivity index (χ3n) is 3.39. The van der Waals surface area contributed by atoms with Gasteiger partial charge in [0, 0.05) is 19.2 Å². The molecule has 0 bridgehead atoms. The van der Waals surface area contributed by atoms with E-state index in [1.54, 1.807) is 16.7 Å². The van der Waals surface area contributed by atoms with Crippen LogP contribution in [0.3, 0.4) is 0 Å². The van der Waals surface area contributed by atoms with Crippen LogP contribution in [0.1, 0.15) is 42.9 Å². The summed E-state index contributed by atoms with van der Waals surface area (Å²) in [6, 6.07) is 3.63. The summed E-state index contributed by atoms with van der Waals surface area (Å²) in [6.07, 6.45) is 2.81. The van der Waals surface area contributed by atoms with E-state index in [9.17, 15) is 9.59 Å². The van der Waals surface area contributed by atoms with E-state index in [4.69, 9.17) is 9.84 Å². The van der Waals surface area contributed by atoms with Crippen LogP contribution in [-0.4, -0.2) is 39.5 Å². The highest BCUT2D eigenvalue weighted by molar-refractivity contribution is 5.95. The van der Waals surface area contributed by atoms with Crippen LogP contribution in [0.5, 0.6) is 5.75 Å². The highest BCUT2D eigenvalue weighted by atomic mass is 16.5. The van der Waals surface area contributed by atoms with Gasteiger partial charge in [-0.2, -0.15) is 0 Å². The molecule has 0 aromatic carbocycles. The van der Waals surface area contributed by atoms with E-state index >= 15 is 0 Å². The van der Waals surface area contributed by atoms with Gasteiger partial charge in [-0.25, -0.2) is 4.98 Å². The van der Waals surface area contributed by atoms with Crippen molar-refractivity contribution in [3.63, 3.8) is 0 Å². The fourth-order valence-corrected chi connectivity index (χ4v) is 2.37. The monoisotopic (exact) mass is 319 g/mol. The first-order valence-corrected chi connectivity index (χ1v) is 7.71. The molecular weight excluding hydrogens is 298 g/mol. The third-order valence-corrected chi connectivity index (χ3v) is 3.39. The number of hydrogen-bond acceptors (Lipinski definition) is 4. The minimum Gasteiger partial charge on any atom is -0.490 e. The second kappa shape index (κ2) is 7.62. The zero-order chi connectivity index (χ0) is 16.8. The molecule has 1 amide bonds. The molecule has 23 heavy (non-hydrogen) atoms. The molecule has 0 atom stereocenters. The molecule has 2 rings (SSSR count). The van der Waals surface area contributed by atoms with Crippen LogP contribution in [0.2, 0.25) is 0 Å². The number of nitrogens with zero attached hydrogens (tertiary/aromatic N) is 2. The molecule has 2 aromatic heterocycles. The fraction of sp³-hybridized carbons (Fsp3) is 0.438. The molecule has 7 heteroatoms. The molecule has 0 aliphatic carbocycles. The lowest BCUT2D eigenvalue weighted by Gasteiger charge is -2.07. The lowest BCUT2D eigenvalue weighted by atomic mass is 10.2. The van der Waals surface area contributed by atoms with Crippen molar-refractivity contribution in [1.82, 2.24) is 14.7 Å². The normalized spacial score (nSPS) is 10.7. The second-order valence-electron chi connectivity index (χ2n) is 5.01. The van der Waals surface area contributed by atoms with Gasteiger partial charge in [-0.15, -0.1) is 0 Å². The number of pyridine rings is 1. The van der Waals surface area contributed by atoms with Gasteiger partial charge in [0.15, 0.2) is 11.4 Å². The summed E-state index contributed by atoms with van der Waals surface area (Å²) in [6.45, 7) is 4.66. The number of aromatic nitrogens is 2. The van der Waals surface area contributed by atoms with Gasteiger partial charge >= 0.3 is 5.97 Å². The molecule has 0 radical (unpaired) electrons. The van der Waals surface area contributed by atoms with Gasteiger partial charge in [-0.1, -0.05) is 6.92 Å². The summed E-state index contributed by atoms with van der Waals surface area (Å²) in [5, 5.41) is 11.4. The minimum atomic E-state index is -0.871. The molecule has 0 fully saturated rings.